The molecule has 6 nitrogen and oxygen atoms in total. The van der Waals surface area contributed by atoms with E-state index in [1.54, 1.807) is 18.5 Å². The van der Waals surface area contributed by atoms with Crippen molar-refractivity contribution < 1.29 is 4.79 Å². The largest absolute Gasteiger partial charge is 0.354 e. The topological polar surface area (TPSA) is 94.5 Å². The average Bonchev–Trinajstić information content (AvgIpc) is 3.34. The fourth-order valence-electron chi connectivity index (χ4n) is 2.48. The Morgan fingerprint density at radius 1 is 1.30 bits per heavy atom. The van der Waals surface area contributed by atoms with Gasteiger partial charge in [0.1, 0.15) is 17.6 Å². The van der Waals surface area contributed by atoms with E-state index in [4.69, 9.17) is 5.26 Å². The van der Waals surface area contributed by atoms with Gasteiger partial charge in [-0.15, -0.1) is 0 Å². The Balaban J connectivity index is 1.67. The van der Waals surface area contributed by atoms with Crippen molar-refractivity contribution >= 4 is 22.6 Å². The molecule has 0 unspecified atom stereocenters. The highest BCUT2D eigenvalue weighted by Gasteiger charge is 2.29. The highest BCUT2D eigenvalue weighted by molar-refractivity contribution is 5.95. The molecular formula is C17H13N5O. The van der Waals surface area contributed by atoms with Crippen molar-refractivity contribution in [1.82, 2.24) is 15.0 Å². The fraction of sp³-hybridized carbons (Fsp3) is 0.176. The van der Waals surface area contributed by atoms with E-state index in [2.05, 4.69) is 20.3 Å². The van der Waals surface area contributed by atoms with Crippen LogP contribution in [0.15, 0.2) is 36.7 Å². The molecule has 1 saturated carbocycles. The number of nitriles is 1. The molecule has 4 rings (SSSR count). The monoisotopic (exact) mass is 303 g/mol. The molecule has 0 saturated heterocycles. The Hall–Kier alpha value is -3.20. The lowest BCUT2D eigenvalue weighted by Gasteiger charge is -2.02. The molecular weight excluding hydrogens is 290 g/mol. The number of carbonyl (C=O) groups excluding carboxylic acids is 1. The molecule has 112 valence electrons. The molecule has 1 aliphatic carbocycles. The van der Waals surface area contributed by atoms with Crippen LogP contribution < -0.4 is 5.32 Å². The lowest BCUT2D eigenvalue weighted by atomic mass is 10.1. The molecule has 1 amide bonds. The zero-order valence-electron chi connectivity index (χ0n) is 12.2. The van der Waals surface area contributed by atoms with Crippen LogP contribution in [-0.4, -0.2) is 20.9 Å². The Kier molecular flexibility index (Phi) is 3.05. The van der Waals surface area contributed by atoms with Gasteiger partial charge in [0.2, 0.25) is 5.91 Å². The molecule has 0 radical (unpaired) electrons. The van der Waals surface area contributed by atoms with Crippen molar-refractivity contribution in [2.75, 3.05) is 5.32 Å². The van der Waals surface area contributed by atoms with Crippen LogP contribution in [0.3, 0.4) is 0 Å². The van der Waals surface area contributed by atoms with Crippen molar-refractivity contribution in [3.05, 3.63) is 42.4 Å². The fourth-order valence-corrected chi connectivity index (χ4v) is 2.48. The summed E-state index contributed by atoms with van der Waals surface area (Å²) < 4.78 is 0. The van der Waals surface area contributed by atoms with Crippen molar-refractivity contribution in [2.24, 2.45) is 5.92 Å². The third-order valence-corrected chi connectivity index (χ3v) is 3.89. The van der Waals surface area contributed by atoms with E-state index < -0.39 is 0 Å². The maximum absolute atomic E-state index is 11.8. The molecule has 6 heteroatoms. The molecule has 0 atom stereocenters. The molecule has 0 aromatic carbocycles. The quantitative estimate of drug-likeness (QED) is 0.777. The summed E-state index contributed by atoms with van der Waals surface area (Å²) in [5.74, 6) is 0.736. The molecule has 2 N–H and O–H groups in total. The standard InChI is InChI=1S/C17H13N5O/c18-8-13-5-11(3-4-19-13)14-6-12-9-20-16(7-15(12)21-14)22-17(23)10-1-2-10/h3-7,9-10,21H,1-2H2,(H,20,22,23). The van der Waals surface area contributed by atoms with E-state index in [0.29, 0.717) is 11.5 Å². The van der Waals surface area contributed by atoms with Gasteiger partial charge in [-0.05, 0) is 31.0 Å². The van der Waals surface area contributed by atoms with Gasteiger partial charge >= 0.3 is 0 Å². The highest BCUT2D eigenvalue weighted by Crippen LogP contribution is 2.30. The number of pyridine rings is 2. The number of amides is 1. The highest BCUT2D eigenvalue weighted by atomic mass is 16.2. The Morgan fingerprint density at radius 3 is 2.96 bits per heavy atom. The number of anilines is 1. The predicted octanol–water partition coefficient (Wildman–Crippen LogP) is 2.85. The van der Waals surface area contributed by atoms with Gasteiger partial charge in [-0.3, -0.25) is 4.79 Å². The third-order valence-electron chi connectivity index (χ3n) is 3.89. The summed E-state index contributed by atoms with van der Waals surface area (Å²) in [5, 5.41) is 12.7. The number of nitrogens with one attached hydrogen (secondary N) is 2. The lowest BCUT2D eigenvalue weighted by molar-refractivity contribution is -0.117. The van der Waals surface area contributed by atoms with Crippen LogP contribution in [0.2, 0.25) is 0 Å². The molecule has 0 aliphatic heterocycles. The van der Waals surface area contributed by atoms with Crippen molar-refractivity contribution in [3.8, 4) is 17.3 Å². The van der Waals surface area contributed by atoms with Gasteiger partial charge < -0.3 is 10.3 Å². The number of fused-ring (bicyclic) bond motifs is 1. The molecule has 0 spiro atoms. The molecule has 3 aromatic rings. The Labute approximate surface area is 132 Å². The van der Waals surface area contributed by atoms with E-state index in [-0.39, 0.29) is 11.8 Å². The van der Waals surface area contributed by atoms with Gasteiger partial charge in [0.05, 0.1) is 5.52 Å². The minimum absolute atomic E-state index is 0.0384. The number of H-pyrrole nitrogens is 1. The summed E-state index contributed by atoms with van der Waals surface area (Å²) in [7, 11) is 0. The van der Waals surface area contributed by atoms with E-state index in [0.717, 1.165) is 35.0 Å². The van der Waals surface area contributed by atoms with Crippen molar-refractivity contribution in [2.45, 2.75) is 12.8 Å². The molecule has 3 aromatic heterocycles. The van der Waals surface area contributed by atoms with Crippen LogP contribution in [-0.2, 0) is 4.79 Å². The van der Waals surface area contributed by atoms with Gasteiger partial charge in [0, 0.05) is 41.0 Å². The van der Waals surface area contributed by atoms with E-state index in [1.807, 2.05) is 24.3 Å². The first-order valence-electron chi connectivity index (χ1n) is 7.39. The van der Waals surface area contributed by atoms with Gasteiger partial charge in [-0.25, -0.2) is 9.97 Å². The number of hydrogen-bond donors (Lipinski definition) is 2. The molecule has 23 heavy (non-hydrogen) atoms. The zero-order chi connectivity index (χ0) is 15.8. The molecule has 1 aliphatic rings. The number of carbonyl (C=O) groups is 1. The van der Waals surface area contributed by atoms with Gasteiger partial charge in [-0.1, -0.05) is 0 Å². The summed E-state index contributed by atoms with van der Waals surface area (Å²) >= 11 is 0. The number of aromatic nitrogens is 3. The maximum Gasteiger partial charge on any atom is 0.228 e. The number of nitrogens with zero attached hydrogens (tertiary/aromatic N) is 3. The lowest BCUT2D eigenvalue weighted by Crippen LogP contribution is -2.14. The normalized spacial score (nSPS) is 13.7. The first-order chi connectivity index (χ1) is 11.2. The smallest absolute Gasteiger partial charge is 0.228 e. The van der Waals surface area contributed by atoms with Crippen LogP contribution in [0, 0.1) is 17.2 Å². The minimum Gasteiger partial charge on any atom is -0.354 e. The third kappa shape index (κ3) is 2.64. The van der Waals surface area contributed by atoms with Crippen LogP contribution in [0.4, 0.5) is 5.82 Å². The number of aromatic amines is 1. The van der Waals surface area contributed by atoms with Gasteiger partial charge in [-0.2, -0.15) is 5.26 Å². The van der Waals surface area contributed by atoms with Gasteiger partial charge in [0.15, 0.2) is 0 Å². The van der Waals surface area contributed by atoms with Crippen molar-refractivity contribution in [3.63, 3.8) is 0 Å². The van der Waals surface area contributed by atoms with E-state index in [9.17, 15) is 4.79 Å². The van der Waals surface area contributed by atoms with E-state index >= 15 is 0 Å². The zero-order valence-corrected chi connectivity index (χ0v) is 12.2. The van der Waals surface area contributed by atoms with Crippen LogP contribution >= 0.6 is 0 Å². The summed E-state index contributed by atoms with van der Waals surface area (Å²) in [6, 6.07) is 9.39. The summed E-state index contributed by atoms with van der Waals surface area (Å²) in [6.45, 7) is 0. The maximum atomic E-state index is 11.8. The average molecular weight is 303 g/mol. The second-order valence-electron chi connectivity index (χ2n) is 5.64. The summed E-state index contributed by atoms with van der Waals surface area (Å²) in [4.78, 5) is 23.4. The minimum atomic E-state index is 0.0384. The van der Waals surface area contributed by atoms with E-state index in [1.165, 1.54) is 0 Å². The second kappa shape index (κ2) is 5.21. The first-order valence-corrected chi connectivity index (χ1v) is 7.39. The number of rotatable bonds is 3. The molecule has 1 fully saturated rings. The van der Waals surface area contributed by atoms with Crippen molar-refractivity contribution in [1.29, 1.82) is 5.26 Å². The first kappa shape index (κ1) is 13.5. The van der Waals surface area contributed by atoms with Crippen LogP contribution in [0.1, 0.15) is 18.5 Å². The van der Waals surface area contributed by atoms with Gasteiger partial charge in [0.25, 0.3) is 0 Å². The van der Waals surface area contributed by atoms with Crippen LogP contribution in [0.5, 0.6) is 0 Å². The number of hydrogen-bond acceptors (Lipinski definition) is 4. The molecule has 0 bridgehead atoms. The Bertz CT molecular complexity index is 949. The SMILES string of the molecule is N#Cc1cc(-c2cc3cnc(NC(=O)C4CC4)cc3[nH]2)ccn1. The van der Waals surface area contributed by atoms with Crippen LogP contribution in [0.25, 0.3) is 22.2 Å². The molecule has 3 heterocycles. The summed E-state index contributed by atoms with van der Waals surface area (Å²) in [6.07, 6.45) is 5.26. The second-order valence-corrected chi connectivity index (χ2v) is 5.64. The predicted molar refractivity (Wildman–Crippen MR) is 85.4 cm³/mol. The Morgan fingerprint density at radius 2 is 2.17 bits per heavy atom. The summed E-state index contributed by atoms with van der Waals surface area (Å²) in [5.41, 5.74) is 3.02.